The largest absolute Gasteiger partial charge is 0.379 e. The van der Waals surface area contributed by atoms with Gasteiger partial charge in [0, 0.05) is 32.3 Å². The summed E-state index contributed by atoms with van der Waals surface area (Å²) in [5, 5.41) is 0. The summed E-state index contributed by atoms with van der Waals surface area (Å²) in [5.41, 5.74) is 6.25. The van der Waals surface area contributed by atoms with Crippen LogP contribution in [0.25, 0.3) is 0 Å². The van der Waals surface area contributed by atoms with Crippen molar-refractivity contribution >= 4 is 0 Å². The van der Waals surface area contributed by atoms with E-state index < -0.39 is 0 Å². The molecular weight excluding hydrogens is 238 g/mol. The van der Waals surface area contributed by atoms with Crippen LogP contribution in [0.3, 0.4) is 0 Å². The van der Waals surface area contributed by atoms with Crippen molar-refractivity contribution in [2.75, 3.05) is 45.9 Å². The van der Waals surface area contributed by atoms with Crippen LogP contribution in [-0.2, 0) is 4.74 Å². The van der Waals surface area contributed by atoms with E-state index in [0.717, 1.165) is 25.8 Å². The molecule has 2 atom stereocenters. The molecule has 3 saturated heterocycles. The summed E-state index contributed by atoms with van der Waals surface area (Å²) in [5.74, 6) is 0. The maximum Gasteiger partial charge on any atom is 0.0662 e. The minimum atomic E-state index is 0.142. The van der Waals surface area contributed by atoms with Gasteiger partial charge in [0.25, 0.3) is 0 Å². The van der Waals surface area contributed by atoms with Crippen LogP contribution in [0.1, 0.15) is 38.5 Å². The molecule has 2 unspecified atom stereocenters. The smallest absolute Gasteiger partial charge is 0.0662 e. The summed E-state index contributed by atoms with van der Waals surface area (Å²) >= 11 is 0. The topological polar surface area (TPSA) is 41.7 Å². The molecule has 3 rings (SSSR count). The summed E-state index contributed by atoms with van der Waals surface area (Å²) in [6.07, 6.45) is 7.91. The summed E-state index contributed by atoms with van der Waals surface area (Å²) in [4.78, 5) is 5.36. The Kier molecular flexibility index (Phi) is 4.42. The van der Waals surface area contributed by atoms with Crippen LogP contribution in [0.15, 0.2) is 0 Å². The van der Waals surface area contributed by atoms with Crippen LogP contribution in [0.4, 0.5) is 0 Å². The van der Waals surface area contributed by atoms with E-state index in [1.165, 1.54) is 64.7 Å². The van der Waals surface area contributed by atoms with Gasteiger partial charge in [0.2, 0.25) is 0 Å². The number of hydrogen-bond acceptors (Lipinski definition) is 4. The lowest BCUT2D eigenvalue weighted by atomic mass is 9.90. The van der Waals surface area contributed by atoms with Crippen LogP contribution < -0.4 is 5.73 Å². The van der Waals surface area contributed by atoms with E-state index in [0.29, 0.717) is 0 Å². The second-order valence-corrected chi connectivity index (χ2v) is 6.57. The Bertz CT molecular complexity index is 285. The summed E-state index contributed by atoms with van der Waals surface area (Å²) in [6, 6.07) is 0.769. The lowest BCUT2D eigenvalue weighted by molar-refractivity contribution is -0.0381. The van der Waals surface area contributed by atoms with Crippen molar-refractivity contribution in [1.29, 1.82) is 0 Å². The van der Waals surface area contributed by atoms with Gasteiger partial charge in [-0.05, 0) is 45.2 Å². The fraction of sp³-hybridized carbons (Fsp3) is 1.00. The molecule has 3 heterocycles. The third-order valence-electron chi connectivity index (χ3n) is 5.42. The number of piperidine rings is 1. The first-order valence-corrected chi connectivity index (χ1v) is 8.11. The highest BCUT2D eigenvalue weighted by atomic mass is 16.5. The second kappa shape index (κ2) is 6.08. The van der Waals surface area contributed by atoms with E-state index in [-0.39, 0.29) is 5.54 Å². The molecule has 0 spiro atoms. The number of rotatable bonds is 3. The number of likely N-dealkylation sites (tertiary alicyclic amines) is 2. The maximum absolute atomic E-state index is 6.11. The Morgan fingerprint density at radius 3 is 2.63 bits per heavy atom. The molecule has 0 aromatic carbocycles. The zero-order valence-electron chi connectivity index (χ0n) is 12.1. The van der Waals surface area contributed by atoms with Gasteiger partial charge in [0.15, 0.2) is 0 Å². The molecule has 3 aliphatic heterocycles. The molecule has 0 aromatic rings. The van der Waals surface area contributed by atoms with Crippen molar-refractivity contribution in [2.45, 2.75) is 50.1 Å². The van der Waals surface area contributed by atoms with Gasteiger partial charge in [-0.2, -0.15) is 0 Å². The van der Waals surface area contributed by atoms with Gasteiger partial charge in [-0.1, -0.05) is 6.42 Å². The number of ether oxygens (including phenoxy) is 1. The summed E-state index contributed by atoms with van der Waals surface area (Å²) in [6.45, 7) is 7.55. The van der Waals surface area contributed by atoms with Crippen LogP contribution in [0, 0.1) is 0 Å². The van der Waals surface area contributed by atoms with Crippen molar-refractivity contribution in [3.8, 4) is 0 Å². The van der Waals surface area contributed by atoms with Crippen molar-refractivity contribution in [1.82, 2.24) is 9.80 Å². The van der Waals surface area contributed by atoms with Crippen molar-refractivity contribution in [2.24, 2.45) is 5.73 Å². The zero-order chi connectivity index (χ0) is 13.1. The predicted molar refractivity (Wildman–Crippen MR) is 77.2 cm³/mol. The predicted octanol–water partition coefficient (Wildman–Crippen LogP) is 1.05. The molecule has 0 aliphatic carbocycles. The molecule has 19 heavy (non-hydrogen) atoms. The second-order valence-electron chi connectivity index (χ2n) is 6.57. The van der Waals surface area contributed by atoms with Crippen LogP contribution in [0.2, 0.25) is 0 Å². The van der Waals surface area contributed by atoms with Crippen LogP contribution >= 0.6 is 0 Å². The Balaban J connectivity index is 1.60. The van der Waals surface area contributed by atoms with Gasteiger partial charge in [-0.15, -0.1) is 0 Å². The van der Waals surface area contributed by atoms with E-state index in [4.69, 9.17) is 10.5 Å². The molecule has 2 N–H and O–H groups in total. The molecule has 0 aromatic heterocycles. The molecule has 0 amide bonds. The monoisotopic (exact) mass is 267 g/mol. The van der Waals surface area contributed by atoms with Gasteiger partial charge >= 0.3 is 0 Å². The SMILES string of the molecule is NCC1(N2CCC(N3CCCCC3)C2)CCCOC1. The van der Waals surface area contributed by atoms with E-state index >= 15 is 0 Å². The molecular formula is C15H29N3O. The van der Waals surface area contributed by atoms with Crippen LogP contribution in [0.5, 0.6) is 0 Å². The van der Waals surface area contributed by atoms with Gasteiger partial charge in [0.1, 0.15) is 0 Å². The highest BCUT2D eigenvalue weighted by Gasteiger charge is 2.42. The molecule has 4 nitrogen and oxygen atoms in total. The average Bonchev–Trinajstić information content (AvgIpc) is 2.99. The summed E-state index contributed by atoms with van der Waals surface area (Å²) in [7, 11) is 0. The van der Waals surface area contributed by atoms with E-state index in [9.17, 15) is 0 Å². The van der Waals surface area contributed by atoms with Gasteiger partial charge in [-0.25, -0.2) is 0 Å². The molecule has 3 fully saturated rings. The molecule has 0 saturated carbocycles. The molecule has 0 bridgehead atoms. The molecule has 0 radical (unpaired) electrons. The number of nitrogens with two attached hydrogens (primary N) is 1. The standard InChI is InChI=1S/C15H29N3O/c16-12-15(6-4-10-19-13-15)18-9-5-14(11-18)17-7-2-1-3-8-17/h14H,1-13,16H2. The van der Waals surface area contributed by atoms with Gasteiger partial charge in [-0.3, -0.25) is 9.80 Å². The highest BCUT2D eigenvalue weighted by molar-refractivity contribution is 4.99. The molecule has 110 valence electrons. The summed E-state index contributed by atoms with van der Waals surface area (Å²) < 4.78 is 5.73. The first kappa shape index (κ1) is 13.8. The Labute approximate surface area is 117 Å². The van der Waals surface area contributed by atoms with E-state index in [1.54, 1.807) is 0 Å². The lowest BCUT2D eigenvalue weighted by Gasteiger charge is -2.44. The molecule has 3 aliphatic rings. The third kappa shape index (κ3) is 2.82. The zero-order valence-corrected chi connectivity index (χ0v) is 12.1. The fourth-order valence-electron chi connectivity index (χ4n) is 4.13. The quantitative estimate of drug-likeness (QED) is 0.830. The van der Waals surface area contributed by atoms with E-state index in [1.807, 2.05) is 0 Å². The van der Waals surface area contributed by atoms with E-state index in [2.05, 4.69) is 9.80 Å². The van der Waals surface area contributed by atoms with Crippen LogP contribution in [-0.4, -0.2) is 67.3 Å². The molecule has 4 heteroatoms. The number of hydrogen-bond donors (Lipinski definition) is 1. The average molecular weight is 267 g/mol. The fourth-order valence-corrected chi connectivity index (χ4v) is 4.13. The Morgan fingerprint density at radius 2 is 1.95 bits per heavy atom. The Hall–Kier alpha value is -0.160. The van der Waals surface area contributed by atoms with Crippen molar-refractivity contribution in [3.63, 3.8) is 0 Å². The lowest BCUT2D eigenvalue weighted by Crippen LogP contribution is -2.58. The first-order chi connectivity index (χ1) is 9.34. The minimum Gasteiger partial charge on any atom is -0.379 e. The first-order valence-electron chi connectivity index (χ1n) is 8.11. The normalized spacial score (nSPS) is 38.7. The van der Waals surface area contributed by atoms with Crippen molar-refractivity contribution < 1.29 is 4.74 Å². The third-order valence-corrected chi connectivity index (χ3v) is 5.42. The number of nitrogens with zero attached hydrogens (tertiary/aromatic N) is 2. The Morgan fingerprint density at radius 1 is 1.11 bits per heavy atom. The highest BCUT2D eigenvalue weighted by Crippen LogP contribution is 2.31. The van der Waals surface area contributed by atoms with Gasteiger partial charge in [0.05, 0.1) is 12.1 Å². The van der Waals surface area contributed by atoms with Crippen molar-refractivity contribution in [3.05, 3.63) is 0 Å². The maximum atomic E-state index is 6.11. The minimum absolute atomic E-state index is 0.142. The van der Waals surface area contributed by atoms with Gasteiger partial charge < -0.3 is 10.5 Å².